The summed E-state index contributed by atoms with van der Waals surface area (Å²) >= 11 is 0. The molecule has 1 aromatic carbocycles. The van der Waals surface area contributed by atoms with E-state index in [0.717, 1.165) is 43.6 Å². The molecule has 8 nitrogen and oxygen atoms in total. The highest BCUT2D eigenvalue weighted by atomic mass is 16.5. The van der Waals surface area contributed by atoms with Crippen molar-refractivity contribution in [1.82, 2.24) is 15.4 Å². The zero-order valence-electron chi connectivity index (χ0n) is 17.9. The van der Waals surface area contributed by atoms with Gasteiger partial charge in [0.05, 0.1) is 24.0 Å². The Labute approximate surface area is 182 Å². The molecule has 2 aliphatic heterocycles. The van der Waals surface area contributed by atoms with Gasteiger partial charge < -0.3 is 29.7 Å². The minimum absolute atomic E-state index is 0.0307. The molecule has 3 atom stereocenters. The number of amides is 1. The van der Waals surface area contributed by atoms with E-state index in [1.54, 1.807) is 25.1 Å². The number of nitrogens with zero attached hydrogens (tertiary/aromatic N) is 2. The van der Waals surface area contributed by atoms with Gasteiger partial charge >= 0.3 is 0 Å². The summed E-state index contributed by atoms with van der Waals surface area (Å²) in [7, 11) is 0. The first-order valence-corrected chi connectivity index (χ1v) is 11.1. The number of phenolic OH excluding ortho intramolecular Hbond substituents is 1. The Morgan fingerprint density at radius 2 is 2.03 bits per heavy atom. The van der Waals surface area contributed by atoms with E-state index in [1.807, 2.05) is 17.0 Å². The van der Waals surface area contributed by atoms with Crippen LogP contribution in [0.4, 0.5) is 0 Å². The normalized spacial score (nSPS) is 25.0. The van der Waals surface area contributed by atoms with Crippen LogP contribution < -0.4 is 5.32 Å². The van der Waals surface area contributed by atoms with Crippen LogP contribution in [-0.2, 0) is 16.0 Å². The van der Waals surface area contributed by atoms with Crippen molar-refractivity contribution >= 4 is 5.91 Å². The predicted molar refractivity (Wildman–Crippen MR) is 114 cm³/mol. The number of aliphatic hydroxyl groups excluding tert-OH is 1. The third-order valence-electron chi connectivity index (χ3n) is 6.26. The van der Waals surface area contributed by atoms with Gasteiger partial charge in [-0.25, -0.2) is 0 Å². The molecular weight excluding hydrogens is 398 g/mol. The molecule has 4 rings (SSSR count). The van der Waals surface area contributed by atoms with Crippen LogP contribution in [0.1, 0.15) is 38.3 Å². The van der Waals surface area contributed by atoms with Gasteiger partial charge in [0.15, 0.2) is 5.76 Å². The number of aliphatic hydroxyl groups is 1. The van der Waals surface area contributed by atoms with E-state index in [1.165, 1.54) is 0 Å². The summed E-state index contributed by atoms with van der Waals surface area (Å²) < 4.78 is 11.6. The molecule has 2 aromatic rings. The van der Waals surface area contributed by atoms with E-state index < -0.39 is 6.10 Å². The summed E-state index contributed by atoms with van der Waals surface area (Å²) in [5, 5.41) is 27.7. The van der Waals surface area contributed by atoms with Crippen molar-refractivity contribution in [2.45, 2.75) is 63.4 Å². The third kappa shape index (κ3) is 5.64. The number of ether oxygens (including phenoxy) is 1. The quantitative estimate of drug-likeness (QED) is 0.645. The second kappa shape index (κ2) is 9.80. The van der Waals surface area contributed by atoms with Crippen LogP contribution in [0.5, 0.6) is 5.75 Å². The van der Waals surface area contributed by atoms with Crippen molar-refractivity contribution in [3.63, 3.8) is 0 Å². The largest absolute Gasteiger partial charge is 0.508 e. The van der Waals surface area contributed by atoms with Crippen LogP contribution in [0.3, 0.4) is 0 Å². The lowest BCUT2D eigenvalue weighted by molar-refractivity contribution is -0.130. The molecule has 0 aliphatic carbocycles. The molecule has 2 fully saturated rings. The third-order valence-corrected chi connectivity index (χ3v) is 6.26. The molecule has 3 N–H and O–H groups in total. The second-order valence-corrected chi connectivity index (χ2v) is 8.57. The van der Waals surface area contributed by atoms with Crippen LogP contribution in [0.15, 0.2) is 34.9 Å². The molecule has 2 aliphatic rings. The van der Waals surface area contributed by atoms with Gasteiger partial charge in [0.25, 0.3) is 0 Å². The summed E-state index contributed by atoms with van der Waals surface area (Å²) in [5.74, 6) is 0.923. The highest BCUT2D eigenvalue weighted by Gasteiger charge is 2.31. The topological polar surface area (TPSA) is 108 Å². The monoisotopic (exact) mass is 429 g/mol. The molecule has 3 heterocycles. The maximum atomic E-state index is 11.5. The zero-order valence-corrected chi connectivity index (χ0v) is 17.9. The molecule has 0 bridgehead atoms. The number of hydrogen-bond donors (Lipinski definition) is 3. The minimum Gasteiger partial charge on any atom is -0.508 e. The van der Waals surface area contributed by atoms with Crippen molar-refractivity contribution in [3.05, 3.63) is 36.0 Å². The van der Waals surface area contributed by atoms with Gasteiger partial charge in [-0.15, -0.1) is 0 Å². The molecule has 8 heteroatoms. The highest BCUT2D eigenvalue weighted by Crippen LogP contribution is 2.27. The number of carbonyl (C=O) groups is 1. The number of phenols is 1. The summed E-state index contributed by atoms with van der Waals surface area (Å²) in [6, 6.07) is 9.09. The average Bonchev–Trinajstić information content (AvgIpc) is 3.23. The van der Waals surface area contributed by atoms with E-state index in [9.17, 15) is 15.0 Å². The van der Waals surface area contributed by atoms with E-state index >= 15 is 0 Å². The van der Waals surface area contributed by atoms with Crippen LogP contribution in [0.25, 0.3) is 11.3 Å². The summed E-state index contributed by atoms with van der Waals surface area (Å²) in [6.45, 7) is 3.76. The number of rotatable bonds is 6. The van der Waals surface area contributed by atoms with Crippen LogP contribution in [-0.4, -0.2) is 70.2 Å². The summed E-state index contributed by atoms with van der Waals surface area (Å²) in [4.78, 5) is 13.3. The van der Waals surface area contributed by atoms with Crippen molar-refractivity contribution in [2.24, 2.45) is 0 Å². The maximum Gasteiger partial charge on any atom is 0.219 e. The van der Waals surface area contributed by atoms with Gasteiger partial charge in [-0.1, -0.05) is 17.3 Å². The smallest absolute Gasteiger partial charge is 0.219 e. The number of aromatic hydroxyl groups is 1. The van der Waals surface area contributed by atoms with E-state index in [0.29, 0.717) is 31.2 Å². The molecule has 0 spiro atoms. The van der Waals surface area contributed by atoms with Gasteiger partial charge in [0.1, 0.15) is 5.75 Å². The number of aromatic nitrogens is 1. The molecule has 168 valence electrons. The molecule has 0 saturated carbocycles. The van der Waals surface area contributed by atoms with E-state index in [-0.39, 0.29) is 23.9 Å². The van der Waals surface area contributed by atoms with Crippen molar-refractivity contribution in [3.8, 4) is 17.1 Å². The SMILES string of the molecule is CC(=O)N1CCC(NCC2OC(Cc3cc(-c4cccc(O)c4)on3)CCC2O)CC1. The Bertz CT molecular complexity index is 878. The predicted octanol–water partition coefficient (Wildman–Crippen LogP) is 2.10. The number of benzene rings is 1. The molecule has 3 unspecified atom stereocenters. The number of likely N-dealkylation sites (tertiary alicyclic amines) is 1. The Morgan fingerprint density at radius 1 is 1.23 bits per heavy atom. The Balaban J connectivity index is 1.28. The standard InChI is InChI=1S/C23H31N3O5/c1-15(27)26-9-7-17(8-10-26)24-14-23-21(29)6-5-20(30-23)12-18-13-22(31-25-18)16-3-2-4-19(28)11-16/h2-4,11,13,17,20-21,23-24,28-29H,5-10,12,14H2,1H3. The number of nitrogens with one attached hydrogen (secondary N) is 1. The van der Waals surface area contributed by atoms with Gasteiger partial charge in [0, 0.05) is 50.7 Å². The first-order valence-electron chi connectivity index (χ1n) is 11.1. The lowest BCUT2D eigenvalue weighted by atomic mass is 9.97. The lowest BCUT2D eigenvalue weighted by Crippen LogP contribution is -2.50. The highest BCUT2D eigenvalue weighted by molar-refractivity contribution is 5.73. The molecule has 1 aromatic heterocycles. The van der Waals surface area contributed by atoms with Crippen molar-refractivity contribution in [2.75, 3.05) is 19.6 Å². The fraction of sp³-hybridized carbons (Fsp3) is 0.565. The number of piperidine rings is 1. The van der Waals surface area contributed by atoms with Gasteiger partial charge in [-0.3, -0.25) is 4.79 Å². The first kappa shape index (κ1) is 21.8. The molecule has 0 radical (unpaired) electrons. The van der Waals surface area contributed by atoms with Crippen molar-refractivity contribution < 1.29 is 24.3 Å². The summed E-state index contributed by atoms with van der Waals surface area (Å²) in [6.07, 6.45) is 3.13. The Kier molecular flexibility index (Phi) is 6.89. The lowest BCUT2D eigenvalue weighted by Gasteiger charge is -2.36. The van der Waals surface area contributed by atoms with Gasteiger partial charge in [-0.05, 0) is 37.8 Å². The molecule has 31 heavy (non-hydrogen) atoms. The van der Waals surface area contributed by atoms with Crippen molar-refractivity contribution in [1.29, 1.82) is 0 Å². The fourth-order valence-electron chi connectivity index (χ4n) is 4.40. The average molecular weight is 430 g/mol. The molecule has 2 saturated heterocycles. The van der Waals surface area contributed by atoms with Gasteiger partial charge in [-0.2, -0.15) is 0 Å². The Morgan fingerprint density at radius 3 is 2.77 bits per heavy atom. The van der Waals surface area contributed by atoms with E-state index in [4.69, 9.17) is 9.26 Å². The Hall–Kier alpha value is -2.42. The first-order chi connectivity index (χ1) is 15.0. The minimum atomic E-state index is -0.485. The molecule has 1 amide bonds. The second-order valence-electron chi connectivity index (χ2n) is 8.57. The summed E-state index contributed by atoms with van der Waals surface area (Å²) in [5.41, 5.74) is 1.57. The van der Waals surface area contributed by atoms with Crippen LogP contribution in [0, 0.1) is 0 Å². The fourth-order valence-corrected chi connectivity index (χ4v) is 4.40. The molecular formula is C23H31N3O5. The van der Waals surface area contributed by atoms with Crippen LogP contribution in [0.2, 0.25) is 0 Å². The zero-order chi connectivity index (χ0) is 21.8. The van der Waals surface area contributed by atoms with E-state index in [2.05, 4.69) is 10.5 Å². The van der Waals surface area contributed by atoms with Gasteiger partial charge in [0.2, 0.25) is 5.91 Å². The number of hydrogen-bond acceptors (Lipinski definition) is 7. The maximum absolute atomic E-state index is 11.5. The number of carbonyl (C=O) groups excluding carboxylic acids is 1. The van der Waals surface area contributed by atoms with Crippen LogP contribution >= 0.6 is 0 Å².